The molecule has 0 amide bonds. The fraction of sp³-hybridized carbons (Fsp3) is 0.857. The molecule has 0 bridgehead atoms. The summed E-state index contributed by atoms with van der Waals surface area (Å²) in [5, 5.41) is 3.13. The third kappa shape index (κ3) is 12.6. The molecule has 0 aromatic carbocycles. The number of nitrogens with zero attached hydrogens (tertiary/aromatic N) is 1. The second-order valence-electron chi connectivity index (χ2n) is 11.3. The normalized spacial score (nSPS) is 16.8. The molecule has 210 valence electrons. The number of fused-ring (bicyclic) bond motifs is 1. The van der Waals surface area contributed by atoms with Gasteiger partial charge in [0.15, 0.2) is 11.5 Å². The van der Waals surface area contributed by atoms with Crippen molar-refractivity contribution in [1.29, 1.82) is 0 Å². The Hall–Kier alpha value is -0.830. The molecule has 1 aromatic rings. The van der Waals surface area contributed by atoms with Gasteiger partial charge in [0.2, 0.25) is 0 Å². The average Bonchev–Trinajstić information content (AvgIpc) is 3.26. The quantitative estimate of drug-likeness (QED) is 0.133. The first-order chi connectivity index (χ1) is 17.2. The molecule has 2 rings (SSSR count). The van der Waals surface area contributed by atoms with E-state index in [2.05, 4.69) is 32.6 Å². The van der Waals surface area contributed by atoms with E-state index in [1.54, 1.807) is 11.3 Å². The van der Waals surface area contributed by atoms with Gasteiger partial charge >= 0.3 is 0 Å². The molecule has 8 heteroatoms. The lowest BCUT2D eigenvalue weighted by atomic mass is 10.0. The zero-order chi connectivity index (χ0) is 26.4. The second-order valence-corrected chi connectivity index (χ2v) is 13.6. The number of rotatable bonds is 20. The Morgan fingerprint density at radius 2 is 1.42 bits per heavy atom. The Balaban J connectivity index is 1.80. The van der Waals surface area contributed by atoms with Crippen molar-refractivity contribution in [2.24, 2.45) is 11.8 Å². The van der Waals surface area contributed by atoms with E-state index in [4.69, 9.17) is 9.47 Å². The Labute approximate surface area is 224 Å². The third-order valence-electron chi connectivity index (χ3n) is 6.99. The molecule has 2 heterocycles. The number of hydrogen-bond donors (Lipinski definition) is 1. The van der Waals surface area contributed by atoms with Crippen LogP contribution in [0.25, 0.3) is 0 Å². The van der Waals surface area contributed by atoms with Crippen LogP contribution in [0.4, 0.5) is 0 Å². The molecule has 1 aliphatic rings. The van der Waals surface area contributed by atoms with Crippen LogP contribution in [0.5, 0.6) is 11.5 Å². The molecule has 2 unspecified atom stereocenters. The van der Waals surface area contributed by atoms with Crippen molar-refractivity contribution in [3.8, 4) is 11.5 Å². The standard InChI is InChI=1S/C28H51NO5S2/c1-23(2)14-8-6-12-18-29(19-13-7-9-15-24(3)4)28(36(30,31)32)17-11-5-10-16-25-20-33-26-21-35-22-27(26)34-25/h21-25,28H,5-20H2,1-4H3,(H,30,31,32). The van der Waals surface area contributed by atoms with E-state index in [0.29, 0.717) is 24.9 Å². The molecule has 0 radical (unpaired) electrons. The lowest BCUT2D eigenvalue weighted by Crippen LogP contribution is -2.42. The van der Waals surface area contributed by atoms with E-state index in [0.717, 1.165) is 76.0 Å². The minimum Gasteiger partial charge on any atom is -0.485 e. The molecule has 36 heavy (non-hydrogen) atoms. The summed E-state index contributed by atoms with van der Waals surface area (Å²) in [5.74, 6) is 3.07. The van der Waals surface area contributed by atoms with Crippen LogP contribution in [0.3, 0.4) is 0 Å². The highest BCUT2D eigenvalue weighted by Crippen LogP contribution is 2.36. The molecule has 1 aromatic heterocycles. The molecule has 2 atom stereocenters. The molecule has 0 fully saturated rings. The lowest BCUT2D eigenvalue weighted by molar-refractivity contribution is 0.0840. The first-order valence-corrected chi connectivity index (χ1v) is 16.7. The fourth-order valence-corrected chi connectivity index (χ4v) is 6.60. The van der Waals surface area contributed by atoms with Gasteiger partial charge in [-0.15, -0.1) is 11.3 Å². The first-order valence-electron chi connectivity index (χ1n) is 14.2. The van der Waals surface area contributed by atoms with Crippen molar-refractivity contribution in [1.82, 2.24) is 4.90 Å². The minimum absolute atomic E-state index is 0.0534. The SMILES string of the molecule is CC(C)CCCCCN(CCCCCC(C)C)C(CCCCCC1COc2cscc2O1)S(=O)(=O)O. The van der Waals surface area contributed by atoms with Gasteiger partial charge in [-0.3, -0.25) is 9.45 Å². The predicted molar refractivity (Wildman–Crippen MR) is 151 cm³/mol. The maximum absolute atomic E-state index is 12.4. The van der Waals surface area contributed by atoms with Crippen LogP contribution in [0.15, 0.2) is 10.8 Å². The number of unbranched alkanes of at least 4 members (excludes halogenated alkanes) is 6. The van der Waals surface area contributed by atoms with Crippen LogP contribution < -0.4 is 9.47 Å². The Kier molecular flexibility index (Phi) is 14.7. The molecule has 0 saturated heterocycles. The van der Waals surface area contributed by atoms with Crippen LogP contribution in [0.1, 0.15) is 111 Å². The summed E-state index contributed by atoms with van der Waals surface area (Å²) in [6.45, 7) is 11.0. The highest BCUT2D eigenvalue weighted by atomic mass is 32.2. The fourth-order valence-electron chi connectivity index (χ4n) is 4.88. The first kappa shape index (κ1) is 31.4. The number of thiophene rings is 1. The van der Waals surface area contributed by atoms with Gasteiger partial charge in [0.25, 0.3) is 10.1 Å². The summed E-state index contributed by atoms with van der Waals surface area (Å²) in [6.07, 6.45) is 13.0. The average molecular weight is 546 g/mol. The van der Waals surface area contributed by atoms with Crippen LogP contribution in [-0.4, -0.2) is 49.0 Å². The third-order valence-corrected chi connectivity index (χ3v) is 8.92. The molecular weight excluding hydrogens is 494 g/mol. The van der Waals surface area contributed by atoms with Gasteiger partial charge in [-0.05, 0) is 57.0 Å². The number of hydrogen-bond acceptors (Lipinski definition) is 6. The van der Waals surface area contributed by atoms with Crippen molar-refractivity contribution in [3.05, 3.63) is 10.8 Å². The molecule has 0 aliphatic carbocycles. The topological polar surface area (TPSA) is 76.1 Å². The molecule has 6 nitrogen and oxygen atoms in total. The number of ether oxygens (including phenoxy) is 2. The van der Waals surface area contributed by atoms with Crippen LogP contribution in [-0.2, 0) is 10.1 Å². The predicted octanol–water partition coefficient (Wildman–Crippen LogP) is 7.79. The monoisotopic (exact) mass is 545 g/mol. The van der Waals surface area contributed by atoms with E-state index in [-0.39, 0.29) is 6.10 Å². The summed E-state index contributed by atoms with van der Waals surface area (Å²) in [7, 11) is -4.13. The Morgan fingerprint density at radius 1 is 0.861 bits per heavy atom. The Morgan fingerprint density at radius 3 is 2.00 bits per heavy atom. The zero-order valence-electron chi connectivity index (χ0n) is 23.1. The van der Waals surface area contributed by atoms with Gasteiger partial charge in [-0.25, -0.2) is 0 Å². The van der Waals surface area contributed by atoms with Crippen LogP contribution in [0.2, 0.25) is 0 Å². The molecule has 0 saturated carbocycles. The highest BCUT2D eigenvalue weighted by molar-refractivity contribution is 7.86. The van der Waals surface area contributed by atoms with Gasteiger partial charge in [0.1, 0.15) is 18.1 Å². The van der Waals surface area contributed by atoms with E-state index in [1.807, 2.05) is 10.8 Å². The zero-order valence-corrected chi connectivity index (χ0v) is 24.8. The van der Waals surface area contributed by atoms with Crippen molar-refractivity contribution in [2.45, 2.75) is 123 Å². The van der Waals surface area contributed by atoms with Crippen LogP contribution in [0, 0.1) is 11.8 Å². The molecular formula is C28H51NO5S2. The van der Waals surface area contributed by atoms with E-state index in [9.17, 15) is 13.0 Å². The van der Waals surface area contributed by atoms with Gasteiger partial charge in [-0.1, -0.05) is 79.1 Å². The molecule has 1 aliphatic heterocycles. The summed E-state index contributed by atoms with van der Waals surface area (Å²) >= 11 is 1.58. The van der Waals surface area contributed by atoms with Gasteiger partial charge in [0.05, 0.1) is 0 Å². The summed E-state index contributed by atoms with van der Waals surface area (Å²) in [6, 6.07) is 0. The van der Waals surface area contributed by atoms with Gasteiger partial charge < -0.3 is 9.47 Å². The minimum atomic E-state index is -4.13. The summed E-state index contributed by atoms with van der Waals surface area (Å²) in [4.78, 5) is 2.05. The Bertz CT molecular complexity index is 791. The van der Waals surface area contributed by atoms with Crippen molar-refractivity contribution >= 4 is 21.5 Å². The van der Waals surface area contributed by atoms with Crippen LogP contribution >= 0.6 is 11.3 Å². The van der Waals surface area contributed by atoms with Gasteiger partial charge in [-0.2, -0.15) is 8.42 Å². The second kappa shape index (κ2) is 16.9. The largest absolute Gasteiger partial charge is 0.485 e. The maximum atomic E-state index is 12.4. The van der Waals surface area contributed by atoms with E-state index in [1.165, 1.54) is 25.7 Å². The van der Waals surface area contributed by atoms with Crippen molar-refractivity contribution in [3.63, 3.8) is 0 Å². The van der Waals surface area contributed by atoms with E-state index < -0.39 is 15.5 Å². The van der Waals surface area contributed by atoms with Gasteiger partial charge in [0, 0.05) is 10.8 Å². The maximum Gasteiger partial charge on any atom is 0.281 e. The summed E-state index contributed by atoms with van der Waals surface area (Å²) < 4.78 is 46.7. The lowest BCUT2D eigenvalue weighted by Gasteiger charge is -2.30. The van der Waals surface area contributed by atoms with E-state index >= 15 is 0 Å². The smallest absolute Gasteiger partial charge is 0.281 e. The van der Waals surface area contributed by atoms with Crippen molar-refractivity contribution < 1.29 is 22.4 Å². The highest BCUT2D eigenvalue weighted by Gasteiger charge is 2.29. The van der Waals surface area contributed by atoms with Crippen molar-refractivity contribution in [2.75, 3.05) is 19.7 Å². The molecule has 1 N–H and O–H groups in total. The molecule has 0 spiro atoms. The summed E-state index contributed by atoms with van der Waals surface area (Å²) in [5.41, 5.74) is 0.